The van der Waals surface area contributed by atoms with Gasteiger partial charge in [0.2, 0.25) is 0 Å². The Morgan fingerprint density at radius 2 is 2.14 bits per heavy atom. The number of esters is 1. The lowest BCUT2D eigenvalue weighted by atomic mass is 10.0. The van der Waals surface area contributed by atoms with Crippen LogP contribution in [0.2, 0.25) is 0 Å². The van der Waals surface area contributed by atoms with Gasteiger partial charge in [-0.3, -0.25) is 15.1 Å². The maximum absolute atomic E-state index is 12.2. The van der Waals surface area contributed by atoms with Gasteiger partial charge < -0.3 is 4.74 Å². The number of nitro groups is 1. The molecule has 2 aromatic heterocycles. The number of pyridine rings is 1. The first-order chi connectivity index (χ1) is 9.97. The predicted octanol–water partition coefficient (Wildman–Crippen LogP) is 3.51. The summed E-state index contributed by atoms with van der Waals surface area (Å²) in [7, 11) is 0. The second-order valence-corrected chi connectivity index (χ2v) is 5.28. The first-order valence-corrected chi connectivity index (χ1v) is 7.21. The number of hydrogen-bond donors (Lipinski definition) is 0. The average molecular weight is 306 g/mol. The van der Waals surface area contributed by atoms with Crippen molar-refractivity contribution < 1.29 is 14.5 Å². The molecule has 0 radical (unpaired) electrons. The van der Waals surface area contributed by atoms with E-state index in [0.29, 0.717) is 16.1 Å². The molecule has 0 saturated heterocycles. The highest BCUT2D eigenvalue weighted by molar-refractivity contribution is 7.13. The SMILES string of the molecule is CCOC(=O)c1c(C)nc(C)c([N+](=O)[O-])c1-c1cccs1. The number of carbonyl (C=O) groups is 1. The van der Waals surface area contributed by atoms with Gasteiger partial charge in [-0.15, -0.1) is 11.3 Å². The summed E-state index contributed by atoms with van der Waals surface area (Å²) in [5.41, 5.74) is 1.02. The second-order valence-electron chi connectivity index (χ2n) is 4.34. The van der Waals surface area contributed by atoms with Gasteiger partial charge in [0.15, 0.2) is 0 Å². The molecule has 0 amide bonds. The first kappa shape index (κ1) is 15.1. The third-order valence-electron chi connectivity index (χ3n) is 2.96. The highest BCUT2D eigenvalue weighted by Gasteiger charge is 2.30. The number of ether oxygens (including phenoxy) is 1. The van der Waals surface area contributed by atoms with Gasteiger partial charge in [-0.2, -0.15) is 0 Å². The van der Waals surface area contributed by atoms with Crippen LogP contribution in [-0.2, 0) is 4.74 Å². The molecule has 0 saturated carbocycles. The molecular weight excluding hydrogens is 292 g/mol. The van der Waals surface area contributed by atoms with Gasteiger partial charge >= 0.3 is 5.97 Å². The Morgan fingerprint density at radius 3 is 2.67 bits per heavy atom. The van der Waals surface area contributed by atoms with Crippen LogP contribution in [0.1, 0.15) is 28.7 Å². The molecule has 0 aliphatic rings. The molecule has 0 fully saturated rings. The summed E-state index contributed by atoms with van der Waals surface area (Å²) in [6, 6.07) is 3.53. The Balaban J connectivity index is 2.83. The van der Waals surface area contributed by atoms with E-state index in [1.165, 1.54) is 11.3 Å². The van der Waals surface area contributed by atoms with Crippen molar-refractivity contribution in [3.05, 3.63) is 44.6 Å². The normalized spacial score (nSPS) is 10.4. The average Bonchev–Trinajstić information content (AvgIpc) is 2.90. The molecule has 2 aromatic rings. The molecule has 6 nitrogen and oxygen atoms in total. The fourth-order valence-electron chi connectivity index (χ4n) is 2.18. The second kappa shape index (κ2) is 6.01. The van der Waals surface area contributed by atoms with E-state index in [1.807, 2.05) is 0 Å². The lowest BCUT2D eigenvalue weighted by Gasteiger charge is -2.12. The largest absolute Gasteiger partial charge is 0.462 e. The maximum atomic E-state index is 12.2. The summed E-state index contributed by atoms with van der Waals surface area (Å²) in [5.74, 6) is -0.589. The monoisotopic (exact) mass is 306 g/mol. The van der Waals surface area contributed by atoms with E-state index in [4.69, 9.17) is 4.74 Å². The fraction of sp³-hybridized carbons (Fsp3) is 0.286. The Hall–Kier alpha value is -2.28. The molecule has 0 spiro atoms. The van der Waals surface area contributed by atoms with E-state index in [0.717, 1.165) is 0 Å². The van der Waals surface area contributed by atoms with Crippen molar-refractivity contribution in [3.63, 3.8) is 0 Å². The molecule has 0 N–H and O–H groups in total. The molecule has 0 unspecified atom stereocenters. The van der Waals surface area contributed by atoms with Gasteiger partial charge in [0, 0.05) is 4.88 Å². The molecular formula is C14H14N2O4S. The summed E-state index contributed by atoms with van der Waals surface area (Å²) >= 11 is 1.33. The first-order valence-electron chi connectivity index (χ1n) is 6.34. The molecule has 0 atom stereocenters. The molecule has 0 aliphatic carbocycles. The van der Waals surface area contributed by atoms with Crippen LogP contribution >= 0.6 is 11.3 Å². The summed E-state index contributed by atoms with van der Waals surface area (Å²) in [4.78, 5) is 27.9. The smallest absolute Gasteiger partial charge is 0.340 e. The Bertz CT molecular complexity index is 695. The van der Waals surface area contributed by atoms with Gasteiger partial charge in [0.05, 0.1) is 28.4 Å². The topological polar surface area (TPSA) is 82.3 Å². The van der Waals surface area contributed by atoms with E-state index in [9.17, 15) is 14.9 Å². The molecule has 2 rings (SSSR count). The summed E-state index contributed by atoms with van der Waals surface area (Å²) in [6.07, 6.45) is 0. The maximum Gasteiger partial charge on any atom is 0.340 e. The van der Waals surface area contributed by atoms with Crippen LogP contribution in [0.3, 0.4) is 0 Å². The zero-order valence-electron chi connectivity index (χ0n) is 11.9. The molecule has 0 bridgehead atoms. The number of aryl methyl sites for hydroxylation is 2. The van der Waals surface area contributed by atoms with Crippen LogP contribution < -0.4 is 0 Å². The number of hydrogen-bond acceptors (Lipinski definition) is 6. The number of aromatic nitrogens is 1. The fourth-order valence-corrected chi connectivity index (χ4v) is 2.96. The van der Waals surface area contributed by atoms with E-state index in [1.54, 1.807) is 38.3 Å². The lowest BCUT2D eigenvalue weighted by molar-refractivity contribution is -0.385. The van der Waals surface area contributed by atoms with Crippen LogP contribution in [0.25, 0.3) is 10.4 Å². The van der Waals surface area contributed by atoms with Crippen molar-refractivity contribution in [3.8, 4) is 10.4 Å². The van der Waals surface area contributed by atoms with E-state index in [2.05, 4.69) is 4.98 Å². The minimum Gasteiger partial charge on any atom is -0.462 e. The Labute approximate surface area is 125 Å². The van der Waals surface area contributed by atoms with Crippen molar-refractivity contribution >= 4 is 23.0 Å². The van der Waals surface area contributed by atoms with Gasteiger partial charge in [0.1, 0.15) is 5.69 Å². The van der Waals surface area contributed by atoms with Crippen LogP contribution in [0, 0.1) is 24.0 Å². The molecule has 2 heterocycles. The van der Waals surface area contributed by atoms with Crippen molar-refractivity contribution in [2.45, 2.75) is 20.8 Å². The van der Waals surface area contributed by atoms with Crippen LogP contribution in [0.4, 0.5) is 5.69 Å². The van der Waals surface area contributed by atoms with E-state index < -0.39 is 10.9 Å². The third kappa shape index (κ3) is 2.78. The van der Waals surface area contributed by atoms with Gasteiger partial charge in [-0.25, -0.2) is 4.79 Å². The predicted molar refractivity (Wildman–Crippen MR) is 79.6 cm³/mol. The van der Waals surface area contributed by atoms with Crippen LogP contribution in [0.15, 0.2) is 17.5 Å². The quantitative estimate of drug-likeness (QED) is 0.490. The van der Waals surface area contributed by atoms with Crippen molar-refractivity contribution in [2.75, 3.05) is 6.61 Å². The Kier molecular flexibility index (Phi) is 4.32. The summed E-state index contributed by atoms with van der Waals surface area (Å²) < 4.78 is 5.03. The molecule has 21 heavy (non-hydrogen) atoms. The summed E-state index contributed by atoms with van der Waals surface area (Å²) in [5, 5.41) is 13.2. The van der Waals surface area contributed by atoms with Crippen molar-refractivity contribution in [1.29, 1.82) is 0 Å². The van der Waals surface area contributed by atoms with Gasteiger partial charge in [-0.05, 0) is 32.2 Å². The molecule has 0 aromatic carbocycles. The highest BCUT2D eigenvalue weighted by atomic mass is 32.1. The van der Waals surface area contributed by atoms with Crippen molar-refractivity contribution in [1.82, 2.24) is 4.98 Å². The van der Waals surface area contributed by atoms with Crippen LogP contribution in [0.5, 0.6) is 0 Å². The number of carbonyl (C=O) groups excluding carboxylic acids is 1. The summed E-state index contributed by atoms with van der Waals surface area (Å²) in [6.45, 7) is 5.11. The Morgan fingerprint density at radius 1 is 1.43 bits per heavy atom. The standard InChI is InChI=1S/C14H14N2O4S/c1-4-20-14(17)11-8(2)15-9(3)13(16(18)19)12(11)10-6-5-7-21-10/h5-7H,4H2,1-3H3. The molecule has 0 aliphatic heterocycles. The number of rotatable bonds is 4. The zero-order chi connectivity index (χ0) is 15.6. The number of thiophene rings is 1. The van der Waals surface area contributed by atoms with Crippen LogP contribution in [-0.4, -0.2) is 22.5 Å². The van der Waals surface area contributed by atoms with E-state index in [-0.39, 0.29) is 23.6 Å². The van der Waals surface area contributed by atoms with Gasteiger partial charge in [0.25, 0.3) is 5.69 Å². The number of nitrogens with zero attached hydrogens (tertiary/aromatic N) is 2. The lowest BCUT2D eigenvalue weighted by Crippen LogP contribution is -2.12. The zero-order valence-corrected chi connectivity index (χ0v) is 12.7. The van der Waals surface area contributed by atoms with E-state index >= 15 is 0 Å². The highest BCUT2D eigenvalue weighted by Crippen LogP contribution is 2.39. The van der Waals surface area contributed by atoms with Crippen molar-refractivity contribution in [2.24, 2.45) is 0 Å². The third-order valence-corrected chi connectivity index (χ3v) is 3.84. The minimum atomic E-state index is -0.589. The minimum absolute atomic E-state index is 0.147. The molecule has 110 valence electrons. The van der Waals surface area contributed by atoms with Gasteiger partial charge in [-0.1, -0.05) is 6.07 Å². The molecule has 7 heteroatoms.